The summed E-state index contributed by atoms with van der Waals surface area (Å²) in [6, 6.07) is 44.7. The molecule has 0 saturated heterocycles. The highest BCUT2D eigenvalue weighted by Crippen LogP contribution is 2.34. The Balaban J connectivity index is 1.04. The lowest BCUT2D eigenvalue weighted by atomic mass is 10.0. The summed E-state index contributed by atoms with van der Waals surface area (Å²) >= 11 is 0. The van der Waals surface area contributed by atoms with Gasteiger partial charge in [0.15, 0.2) is 5.78 Å². The molecule has 0 aliphatic rings. The van der Waals surface area contributed by atoms with E-state index in [1.807, 2.05) is 109 Å². The monoisotopic (exact) mass is 737 g/mol. The number of para-hydroxylation sites is 1. The molecule has 2 N–H and O–H groups in total. The van der Waals surface area contributed by atoms with Crippen LogP contribution in [0.3, 0.4) is 0 Å². The molecule has 0 unspecified atom stereocenters. The predicted molar refractivity (Wildman–Crippen MR) is 213 cm³/mol. The lowest BCUT2D eigenvalue weighted by Crippen LogP contribution is -2.31. The van der Waals surface area contributed by atoms with Crippen molar-refractivity contribution in [3.63, 3.8) is 0 Å². The molecule has 1 amide bonds. The Morgan fingerprint density at radius 3 is 2.17 bits per heavy atom. The van der Waals surface area contributed by atoms with E-state index < -0.39 is 15.9 Å². The summed E-state index contributed by atoms with van der Waals surface area (Å²) in [6.07, 6.45) is 1.59. The number of ether oxygens (including phenoxy) is 2. The smallest absolute Gasteiger partial charge is 0.251 e. The molecule has 0 fully saturated rings. The molecule has 1 heterocycles. The van der Waals surface area contributed by atoms with Crippen molar-refractivity contribution in [2.24, 2.45) is 0 Å². The first kappa shape index (κ1) is 36.0. The van der Waals surface area contributed by atoms with Crippen molar-refractivity contribution >= 4 is 49.2 Å². The third kappa shape index (κ3) is 8.46. The van der Waals surface area contributed by atoms with Crippen LogP contribution in [-0.4, -0.2) is 44.5 Å². The highest BCUT2D eigenvalue weighted by molar-refractivity contribution is 7.92. The number of carbonyl (C=O) groups is 2. The number of hydrogen-bond donors (Lipinski definition) is 2. The van der Waals surface area contributed by atoms with Crippen LogP contribution in [0.15, 0.2) is 146 Å². The minimum Gasteiger partial charge on any atom is -0.493 e. The Labute approximate surface area is 314 Å². The third-order valence-electron chi connectivity index (χ3n) is 9.15. The summed E-state index contributed by atoms with van der Waals surface area (Å²) in [5.74, 6) is 0.234. The van der Waals surface area contributed by atoms with Gasteiger partial charge >= 0.3 is 0 Å². The van der Waals surface area contributed by atoms with E-state index in [1.54, 1.807) is 24.3 Å². The largest absolute Gasteiger partial charge is 0.493 e. The summed E-state index contributed by atoms with van der Waals surface area (Å²) < 4.78 is 39.9. The van der Waals surface area contributed by atoms with Gasteiger partial charge in [0.25, 0.3) is 5.91 Å². The molecule has 0 atom stereocenters. The number of aromatic nitrogens is 1. The summed E-state index contributed by atoms with van der Waals surface area (Å²) in [7, 11) is -3.81. The van der Waals surface area contributed by atoms with E-state index in [9.17, 15) is 18.0 Å². The van der Waals surface area contributed by atoms with E-state index in [-0.39, 0.29) is 36.7 Å². The van der Waals surface area contributed by atoms with Crippen molar-refractivity contribution in [1.29, 1.82) is 0 Å². The second-order valence-corrected chi connectivity index (χ2v) is 14.9. The van der Waals surface area contributed by atoms with Crippen LogP contribution in [0.2, 0.25) is 0 Å². The minimum absolute atomic E-state index is 0.0356. The van der Waals surface area contributed by atoms with E-state index in [2.05, 4.69) is 16.4 Å². The average Bonchev–Trinajstić information content (AvgIpc) is 3.56. The fourth-order valence-electron chi connectivity index (χ4n) is 6.39. The molecule has 10 heteroatoms. The first-order valence-corrected chi connectivity index (χ1v) is 19.4. The number of nitrogens with zero attached hydrogens (tertiary/aromatic N) is 1. The predicted octanol–water partition coefficient (Wildman–Crippen LogP) is 8.10. The molecular formula is C44H39N3O6S. The van der Waals surface area contributed by atoms with E-state index in [1.165, 1.54) is 10.4 Å². The lowest BCUT2D eigenvalue weighted by molar-refractivity contribution is 0.0903. The van der Waals surface area contributed by atoms with E-state index in [0.29, 0.717) is 24.3 Å². The number of H-pyrrole nitrogens is 1. The zero-order valence-electron chi connectivity index (χ0n) is 29.7. The molecule has 0 aliphatic carbocycles. The molecule has 0 aliphatic heterocycles. The Bertz CT molecular complexity index is 2540. The van der Waals surface area contributed by atoms with Crippen LogP contribution in [0.4, 0.5) is 5.69 Å². The van der Waals surface area contributed by atoms with Crippen LogP contribution >= 0.6 is 0 Å². The van der Waals surface area contributed by atoms with Gasteiger partial charge in [-0.1, -0.05) is 97.1 Å². The van der Waals surface area contributed by atoms with Crippen molar-refractivity contribution < 1.29 is 27.5 Å². The maximum Gasteiger partial charge on any atom is 0.251 e. The minimum atomic E-state index is -3.81. The van der Waals surface area contributed by atoms with Crippen molar-refractivity contribution in [3.05, 3.63) is 173 Å². The molecule has 7 rings (SSSR count). The van der Waals surface area contributed by atoms with Gasteiger partial charge in [0.2, 0.25) is 10.0 Å². The fraction of sp³-hybridized carbons (Fsp3) is 0.136. The van der Waals surface area contributed by atoms with Crippen molar-refractivity contribution in [2.75, 3.05) is 23.7 Å². The topological polar surface area (TPSA) is 118 Å². The van der Waals surface area contributed by atoms with Crippen LogP contribution in [-0.2, 0) is 29.6 Å². The summed E-state index contributed by atoms with van der Waals surface area (Å²) in [5, 5.41) is 5.04. The molecule has 9 nitrogen and oxygen atoms in total. The SMILES string of the molecule is CS(=O)(=O)N(Cc1ccccc1)c1cc(C(=O)CNC(=O)c2ccccc2CCOc2ccc3c(c2)[nH]c2ccccc23)ccc1OCc1ccccc1. The van der Waals surface area contributed by atoms with Crippen molar-refractivity contribution in [3.8, 4) is 11.5 Å². The van der Waals surface area contributed by atoms with Crippen LogP contribution in [0.25, 0.3) is 21.8 Å². The number of ketones is 1. The van der Waals surface area contributed by atoms with Gasteiger partial charge in [-0.25, -0.2) is 8.42 Å². The third-order valence-corrected chi connectivity index (χ3v) is 10.3. The number of nitrogens with one attached hydrogen (secondary N) is 2. The zero-order valence-corrected chi connectivity index (χ0v) is 30.5. The number of carbonyl (C=O) groups excluding carboxylic acids is 2. The number of amides is 1. The number of anilines is 1. The molecule has 0 bridgehead atoms. The zero-order chi connectivity index (χ0) is 37.5. The quantitative estimate of drug-likeness (QED) is 0.103. The van der Waals surface area contributed by atoms with Crippen LogP contribution in [0.5, 0.6) is 11.5 Å². The number of benzene rings is 6. The molecule has 0 saturated carbocycles. The highest BCUT2D eigenvalue weighted by Gasteiger charge is 2.24. The van der Waals surface area contributed by atoms with Gasteiger partial charge in [-0.3, -0.25) is 13.9 Å². The highest BCUT2D eigenvalue weighted by atomic mass is 32.2. The molecular weight excluding hydrogens is 699 g/mol. The first-order valence-electron chi connectivity index (χ1n) is 17.6. The number of fused-ring (bicyclic) bond motifs is 3. The van der Waals surface area contributed by atoms with Gasteiger partial charge in [-0.2, -0.15) is 0 Å². The molecule has 1 aromatic heterocycles. The summed E-state index contributed by atoms with van der Waals surface area (Å²) in [6.45, 7) is 0.281. The van der Waals surface area contributed by atoms with Gasteiger partial charge in [-0.15, -0.1) is 0 Å². The Hall–Kier alpha value is -6.39. The second kappa shape index (κ2) is 16.1. The number of rotatable bonds is 15. The Kier molecular flexibility index (Phi) is 10.7. The van der Waals surface area contributed by atoms with E-state index >= 15 is 0 Å². The van der Waals surface area contributed by atoms with Crippen molar-refractivity contribution in [2.45, 2.75) is 19.6 Å². The normalized spacial score (nSPS) is 11.4. The maximum atomic E-state index is 13.6. The number of sulfonamides is 1. The molecule has 0 radical (unpaired) electrons. The second-order valence-electron chi connectivity index (χ2n) is 13.0. The van der Waals surface area contributed by atoms with E-state index in [4.69, 9.17) is 9.47 Å². The first-order chi connectivity index (χ1) is 26.2. The Morgan fingerprint density at radius 2 is 1.39 bits per heavy atom. The fourth-order valence-corrected chi connectivity index (χ4v) is 7.28. The van der Waals surface area contributed by atoms with Gasteiger partial charge < -0.3 is 19.8 Å². The average molecular weight is 738 g/mol. The number of aromatic amines is 1. The summed E-state index contributed by atoms with van der Waals surface area (Å²) in [4.78, 5) is 30.4. The van der Waals surface area contributed by atoms with Crippen molar-refractivity contribution in [1.82, 2.24) is 10.3 Å². The summed E-state index contributed by atoms with van der Waals surface area (Å²) in [5.41, 5.74) is 5.39. The van der Waals surface area contributed by atoms with Gasteiger partial charge in [-0.05, 0) is 59.2 Å². The molecule has 272 valence electrons. The van der Waals surface area contributed by atoms with E-state index in [0.717, 1.165) is 50.5 Å². The van der Waals surface area contributed by atoms with Crippen LogP contribution in [0, 0.1) is 0 Å². The number of Topliss-reactive ketones (excluding diaryl/α,β-unsaturated/α-hetero) is 1. The van der Waals surface area contributed by atoms with Gasteiger partial charge in [0.1, 0.15) is 18.1 Å². The molecule has 54 heavy (non-hydrogen) atoms. The maximum absolute atomic E-state index is 13.6. The van der Waals surface area contributed by atoms with Gasteiger partial charge in [0, 0.05) is 39.9 Å². The van der Waals surface area contributed by atoms with Crippen LogP contribution in [0.1, 0.15) is 37.4 Å². The van der Waals surface area contributed by atoms with Crippen LogP contribution < -0.4 is 19.1 Å². The molecule has 7 aromatic rings. The Morgan fingerprint density at radius 1 is 0.704 bits per heavy atom. The molecule has 0 spiro atoms. The number of hydrogen-bond acceptors (Lipinski definition) is 6. The molecule has 6 aromatic carbocycles. The lowest BCUT2D eigenvalue weighted by Gasteiger charge is -2.25. The van der Waals surface area contributed by atoms with Gasteiger partial charge in [0.05, 0.1) is 37.2 Å². The standard InChI is InChI=1S/C44H39N3O6S/c1-54(50,51)47(29-31-12-4-2-5-13-31)41-26-34(20-23-43(41)53-30-32-14-6-3-7-15-32)42(48)28-45-44(49)36-17-9-8-16-33(36)24-25-52-35-21-22-38-37-18-10-11-19-39(37)46-40(38)27-35/h2-23,26-27,46H,24-25,28-30H2,1H3,(H,45,49).